The Balaban J connectivity index is 1.37. The van der Waals surface area contributed by atoms with Crippen molar-refractivity contribution in [3.8, 4) is 11.1 Å². The average molecular weight is 559 g/mol. The van der Waals surface area contributed by atoms with Crippen molar-refractivity contribution in [2.24, 2.45) is 5.41 Å². The fourth-order valence-corrected chi connectivity index (χ4v) is 5.11. The highest BCUT2D eigenvalue weighted by Crippen LogP contribution is 2.44. The van der Waals surface area contributed by atoms with E-state index in [1.54, 1.807) is 46.8 Å². The van der Waals surface area contributed by atoms with Gasteiger partial charge in [-0.2, -0.15) is 0 Å². The van der Waals surface area contributed by atoms with Gasteiger partial charge in [-0.15, -0.1) is 0 Å². The number of aliphatic carboxylic acids is 1. The second-order valence-corrected chi connectivity index (χ2v) is 12.1. The molecule has 1 aliphatic rings. The maximum absolute atomic E-state index is 12.7. The van der Waals surface area contributed by atoms with E-state index in [9.17, 15) is 19.5 Å². The number of fused-ring (bicyclic) bond motifs is 3. The number of carboxylic acids is 1. The molecule has 0 aromatic heterocycles. The van der Waals surface area contributed by atoms with E-state index in [1.165, 1.54) is 11.1 Å². The number of carboxylic acid groups (broad SMARTS) is 1. The van der Waals surface area contributed by atoms with Gasteiger partial charge in [0.2, 0.25) is 0 Å². The number of hydrogen-bond acceptors (Lipinski definition) is 5. The summed E-state index contributed by atoms with van der Waals surface area (Å²) < 4.78 is 11.0. The molecule has 0 aliphatic heterocycles. The smallest absolute Gasteiger partial charge is 0.411 e. The minimum Gasteiger partial charge on any atom is -0.481 e. The zero-order chi connectivity index (χ0) is 29.8. The maximum Gasteiger partial charge on any atom is 0.411 e. The molecule has 3 aromatic carbocycles. The number of anilines is 1. The fourth-order valence-electron chi connectivity index (χ4n) is 5.11. The van der Waals surface area contributed by atoms with E-state index in [0.29, 0.717) is 12.1 Å². The number of nitrogens with one attached hydrogen (secondary N) is 2. The third-order valence-electron chi connectivity index (χ3n) is 7.08. The van der Waals surface area contributed by atoms with Crippen LogP contribution in [-0.4, -0.2) is 41.5 Å². The third-order valence-corrected chi connectivity index (χ3v) is 7.08. The number of alkyl carbamates (subject to hydrolysis) is 1. The van der Waals surface area contributed by atoms with Crippen LogP contribution < -0.4 is 10.6 Å². The Hall–Kier alpha value is -4.33. The van der Waals surface area contributed by atoms with Crippen molar-refractivity contribution >= 4 is 23.8 Å². The molecule has 0 saturated heterocycles. The van der Waals surface area contributed by atoms with Gasteiger partial charge in [-0.3, -0.25) is 10.1 Å². The predicted molar refractivity (Wildman–Crippen MR) is 158 cm³/mol. The van der Waals surface area contributed by atoms with Crippen molar-refractivity contribution in [3.05, 3.63) is 89.5 Å². The van der Waals surface area contributed by atoms with Crippen molar-refractivity contribution in [1.29, 1.82) is 0 Å². The predicted octanol–water partition coefficient (Wildman–Crippen LogP) is 6.98. The molecule has 1 atom stereocenters. The number of benzene rings is 3. The van der Waals surface area contributed by atoms with Crippen molar-refractivity contribution in [3.63, 3.8) is 0 Å². The van der Waals surface area contributed by atoms with Gasteiger partial charge < -0.3 is 19.9 Å². The van der Waals surface area contributed by atoms with E-state index < -0.39 is 35.2 Å². The summed E-state index contributed by atoms with van der Waals surface area (Å²) in [5, 5.41) is 15.2. The maximum atomic E-state index is 12.7. The molecule has 41 heavy (non-hydrogen) atoms. The van der Waals surface area contributed by atoms with Crippen LogP contribution in [0.1, 0.15) is 63.6 Å². The van der Waals surface area contributed by atoms with Crippen LogP contribution in [-0.2, 0) is 20.7 Å². The lowest BCUT2D eigenvalue weighted by Crippen LogP contribution is -2.43. The summed E-state index contributed by atoms with van der Waals surface area (Å²) >= 11 is 0. The highest BCUT2D eigenvalue weighted by Gasteiger charge is 2.32. The van der Waals surface area contributed by atoms with Crippen LogP contribution in [0.25, 0.3) is 11.1 Å². The first kappa shape index (κ1) is 29.6. The number of hydrogen-bond donors (Lipinski definition) is 3. The van der Waals surface area contributed by atoms with E-state index in [4.69, 9.17) is 9.47 Å². The van der Waals surface area contributed by atoms with Crippen molar-refractivity contribution in [1.82, 2.24) is 5.32 Å². The molecule has 0 saturated carbocycles. The largest absolute Gasteiger partial charge is 0.481 e. The summed E-state index contributed by atoms with van der Waals surface area (Å²) in [5.74, 6) is -0.976. The standard InChI is InChI=1S/C33H38N2O6/c1-32(2,3)41-31(39)35-23(19-33(4,5)29(36)37)18-21-14-16-22(17-15-21)34-30(38)40-20-28-26-12-8-6-10-24(26)25-11-7-9-13-27(25)28/h6-17,23,28H,18-20H2,1-5H3,(H,34,38)(H,35,39)(H,36,37). The number of carbonyl (C=O) groups excluding carboxylic acids is 2. The lowest BCUT2D eigenvalue weighted by molar-refractivity contribution is -0.147. The second kappa shape index (κ2) is 12.0. The number of amides is 2. The fraction of sp³-hybridized carbons (Fsp3) is 0.364. The Morgan fingerprint density at radius 3 is 1.93 bits per heavy atom. The van der Waals surface area contributed by atoms with Gasteiger partial charge in [0, 0.05) is 17.6 Å². The molecule has 3 aromatic rings. The van der Waals surface area contributed by atoms with Crippen molar-refractivity contribution < 1.29 is 29.0 Å². The van der Waals surface area contributed by atoms with Gasteiger partial charge >= 0.3 is 18.2 Å². The van der Waals surface area contributed by atoms with Gasteiger partial charge in [-0.25, -0.2) is 9.59 Å². The zero-order valence-electron chi connectivity index (χ0n) is 24.2. The molecule has 4 rings (SSSR count). The molecule has 216 valence electrons. The highest BCUT2D eigenvalue weighted by atomic mass is 16.6. The highest BCUT2D eigenvalue weighted by molar-refractivity contribution is 5.85. The summed E-state index contributed by atoms with van der Waals surface area (Å²) in [5.41, 5.74) is 4.32. The summed E-state index contributed by atoms with van der Waals surface area (Å²) in [4.78, 5) is 36.8. The summed E-state index contributed by atoms with van der Waals surface area (Å²) in [6.07, 6.45) is -0.549. The quantitative estimate of drug-likeness (QED) is 0.261. The van der Waals surface area contributed by atoms with Crippen LogP contribution in [0.5, 0.6) is 0 Å². The van der Waals surface area contributed by atoms with Gasteiger partial charge in [0.25, 0.3) is 0 Å². The molecule has 8 nitrogen and oxygen atoms in total. The van der Waals surface area contributed by atoms with Gasteiger partial charge in [-0.05, 0) is 87.4 Å². The van der Waals surface area contributed by atoms with E-state index in [0.717, 1.165) is 16.7 Å². The molecule has 0 fully saturated rings. The first-order valence-electron chi connectivity index (χ1n) is 13.8. The lowest BCUT2D eigenvalue weighted by atomic mass is 9.84. The SMILES string of the molecule is CC(C)(C)OC(=O)NC(Cc1ccc(NC(=O)OCC2c3ccccc3-c3ccccc32)cc1)CC(C)(C)C(=O)O. The molecule has 0 heterocycles. The molecule has 0 radical (unpaired) electrons. The Labute approximate surface area is 241 Å². The number of carbonyl (C=O) groups is 3. The van der Waals surface area contributed by atoms with Crippen molar-refractivity contribution in [2.45, 2.75) is 65.0 Å². The molecule has 8 heteroatoms. The zero-order valence-corrected chi connectivity index (χ0v) is 24.2. The van der Waals surface area contributed by atoms with Crippen LogP contribution in [0.3, 0.4) is 0 Å². The first-order chi connectivity index (χ1) is 19.3. The normalized spacial score (nSPS) is 13.5. The van der Waals surface area contributed by atoms with Crippen LogP contribution in [0.4, 0.5) is 15.3 Å². The Morgan fingerprint density at radius 1 is 0.829 bits per heavy atom. The minimum atomic E-state index is -1.05. The molecule has 1 aliphatic carbocycles. The topological polar surface area (TPSA) is 114 Å². The van der Waals surface area contributed by atoms with Crippen LogP contribution in [0.2, 0.25) is 0 Å². The molecule has 3 N–H and O–H groups in total. The number of ether oxygens (including phenoxy) is 2. The van der Waals surface area contributed by atoms with Gasteiger partial charge in [0.05, 0.1) is 5.41 Å². The molecular formula is C33H38N2O6. The molecule has 2 amide bonds. The Morgan fingerprint density at radius 2 is 1.39 bits per heavy atom. The first-order valence-corrected chi connectivity index (χ1v) is 13.8. The lowest BCUT2D eigenvalue weighted by Gasteiger charge is -2.28. The minimum absolute atomic E-state index is 0.0278. The molecule has 0 spiro atoms. The van der Waals surface area contributed by atoms with Gasteiger partial charge in [0.1, 0.15) is 12.2 Å². The van der Waals surface area contributed by atoms with Crippen molar-refractivity contribution in [2.75, 3.05) is 11.9 Å². The van der Waals surface area contributed by atoms with Gasteiger partial charge in [-0.1, -0.05) is 60.7 Å². The Bertz CT molecular complexity index is 1360. The second-order valence-electron chi connectivity index (χ2n) is 12.1. The summed E-state index contributed by atoms with van der Waals surface area (Å²) in [6.45, 7) is 8.78. The van der Waals surface area contributed by atoms with Crippen LogP contribution in [0.15, 0.2) is 72.8 Å². The van der Waals surface area contributed by atoms with Crippen LogP contribution >= 0.6 is 0 Å². The Kier molecular flexibility index (Phi) is 8.71. The molecule has 1 unspecified atom stereocenters. The molecule has 0 bridgehead atoms. The van der Waals surface area contributed by atoms with E-state index in [-0.39, 0.29) is 18.9 Å². The van der Waals surface area contributed by atoms with E-state index in [2.05, 4.69) is 34.9 Å². The summed E-state index contributed by atoms with van der Waals surface area (Å²) in [7, 11) is 0. The van der Waals surface area contributed by atoms with E-state index in [1.807, 2.05) is 36.4 Å². The third kappa shape index (κ3) is 7.66. The number of rotatable bonds is 9. The van der Waals surface area contributed by atoms with Gasteiger partial charge in [0.15, 0.2) is 0 Å². The average Bonchev–Trinajstić information content (AvgIpc) is 3.21. The molecular weight excluding hydrogens is 520 g/mol. The van der Waals surface area contributed by atoms with E-state index >= 15 is 0 Å². The monoisotopic (exact) mass is 558 g/mol. The summed E-state index contributed by atoms with van der Waals surface area (Å²) in [6, 6.07) is 23.0. The van der Waals surface area contributed by atoms with Crippen LogP contribution in [0, 0.1) is 5.41 Å².